The largest absolute Gasteiger partial charge is 0.493 e. The molecule has 1 aromatic carbocycles. The Labute approximate surface area is 200 Å². The third-order valence-electron chi connectivity index (χ3n) is 6.96. The summed E-state index contributed by atoms with van der Waals surface area (Å²) in [6.07, 6.45) is 15.1. The van der Waals surface area contributed by atoms with Gasteiger partial charge in [-0.15, -0.1) is 0 Å². The quantitative estimate of drug-likeness (QED) is 0.220. The molecule has 174 valence electrons. The minimum atomic E-state index is -0.00555. The first-order chi connectivity index (χ1) is 15.7. The number of allylic oxidation sites excluding steroid dienone is 2. The van der Waals surface area contributed by atoms with Gasteiger partial charge in [0, 0.05) is 16.8 Å². The van der Waals surface area contributed by atoms with Crippen LogP contribution in [0.5, 0.6) is 11.5 Å². The number of hydrazone groups is 1. The van der Waals surface area contributed by atoms with E-state index in [0.29, 0.717) is 6.61 Å². The number of nitrogens with zero attached hydrogens (tertiary/aromatic N) is 2. The molecule has 2 aliphatic carbocycles. The number of amides is 1. The fourth-order valence-corrected chi connectivity index (χ4v) is 5.56. The van der Waals surface area contributed by atoms with E-state index in [9.17, 15) is 4.79 Å². The van der Waals surface area contributed by atoms with E-state index in [1.807, 2.05) is 11.1 Å². The summed E-state index contributed by atoms with van der Waals surface area (Å²) in [5.41, 5.74) is 2.07. The van der Waals surface area contributed by atoms with Gasteiger partial charge in [0.2, 0.25) is 5.91 Å². The Kier molecular flexibility index (Phi) is 8.28. The number of carbonyl (C=O) groups is 1. The number of hydrogen-bond donors (Lipinski definition) is 0. The van der Waals surface area contributed by atoms with Crippen molar-refractivity contribution in [1.82, 2.24) is 5.01 Å². The molecule has 2 atom stereocenters. The lowest BCUT2D eigenvalue weighted by molar-refractivity contribution is -0.140. The molecule has 0 radical (unpaired) electrons. The second-order valence-electron chi connectivity index (χ2n) is 9.08. The summed E-state index contributed by atoms with van der Waals surface area (Å²) in [5, 5.41) is 7.88. The zero-order valence-corrected chi connectivity index (χ0v) is 20.7. The van der Waals surface area contributed by atoms with Gasteiger partial charge in [-0.25, -0.2) is 5.01 Å². The van der Waals surface area contributed by atoms with Gasteiger partial charge in [-0.2, -0.15) is 5.10 Å². The van der Waals surface area contributed by atoms with Gasteiger partial charge in [-0.05, 0) is 56.7 Å². The van der Waals surface area contributed by atoms with Crippen molar-refractivity contribution in [3.8, 4) is 11.5 Å². The lowest BCUT2D eigenvalue weighted by Crippen LogP contribution is -2.48. The lowest BCUT2D eigenvalue weighted by atomic mass is 9.76. The van der Waals surface area contributed by atoms with Gasteiger partial charge in [-0.3, -0.25) is 4.79 Å². The number of fused-ring (bicyclic) bond motifs is 1. The molecule has 2 unspecified atom stereocenters. The van der Waals surface area contributed by atoms with Crippen molar-refractivity contribution < 1.29 is 14.3 Å². The van der Waals surface area contributed by atoms with E-state index in [1.54, 1.807) is 7.11 Å². The van der Waals surface area contributed by atoms with Crippen molar-refractivity contribution in [2.24, 2.45) is 16.9 Å². The first kappa shape index (κ1) is 23.3. The molecule has 1 heterocycles. The normalized spacial score (nSPS) is 23.2. The molecule has 1 aromatic rings. The average Bonchev–Trinajstić information content (AvgIpc) is 3.36. The monoisotopic (exact) mass is 502 g/mol. The number of unbranched alkanes of at least 4 members (excludes halogenated alkanes) is 3. The topological polar surface area (TPSA) is 51.1 Å². The minimum absolute atomic E-state index is 0.00555. The van der Waals surface area contributed by atoms with E-state index in [0.717, 1.165) is 66.6 Å². The van der Waals surface area contributed by atoms with Gasteiger partial charge in [-0.1, -0.05) is 53.8 Å². The highest BCUT2D eigenvalue weighted by atomic mass is 79.9. The Balaban J connectivity index is 1.57. The third kappa shape index (κ3) is 5.22. The smallest absolute Gasteiger partial charge is 0.247 e. The van der Waals surface area contributed by atoms with Crippen LogP contribution in [0.1, 0.15) is 69.8 Å². The van der Waals surface area contributed by atoms with Crippen molar-refractivity contribution in [2.45, 2.75) is 70.3 Å². The maximum absolute atomic E-state index is 13.3. The lowest BCUT2D eigenvalue weighted by Gasteiger charge is -2.39. The highest BCUT2D eigenvalue weighted by Crippen LogP contribution is 2.39. The predicted molar refractivity (Wildman–Crippen MR) is 132 cm³/mol. The maximum Gasteiger partial charge on any atom is 0.247 e. The Morgan fingerprint density at radius 1 is 1.03 bits per heavy atom. The van der Waals surface area contributed by atoms with Crippen LogP contribution in [0.3, 0.4) is 0 Å². The number of methoxy groups -OCH3 is 1. The molecule has 0 aromatic heterocycles. The summed E-state index contributed by atoms with van der Waals surface area (Å²) in [4.78, 5) is 13.3. The first-order valence-electron chi connectivity index (χ1n) is 12.2. The zero-order valence-electron chi connectivity index (χ0n) is 19.1. The molecule has 4 rings (SSSR count). The highest BCUT2D eigenvalue weighted by Gasteiger charge is 2.42. The predicted octanol–water partition coefficient (Wildman–Crippen LogP) is 6.10. The first-order valence-corrected chi connectivity index (χ1v) is 13.3. The summed E-state index contributed by atoms with van der Waals surface area (Å²) >= 11 is 3.49. The molecule has 1 saturated carbocycles. The van der Waals surface area contributed by atoms with Crippen LogP contribution in [0.15, 0.2) is 35.5 Å². The van der Waals surface area contributed by atoms with Gasteiger partial charge in [0.1, 0.15) is 0 Å². The Bertz CT molecular complexity index is 847. The molecule has 32 heavy (non-hydrogen) atoms. The van der Waals surface area contributed by atoms with Crippen LogP contribution in [0.4, 0.5) is 0 Å². The van der Waals surface area contributed by atoms with Gasteiger partial charge in [0.05, 0.1) is 31.4 Å². The van der Waals surface area contributed by atoms with Gasteiger partial charge in [0.25, 0.3) is 0 Å². The van der Waals surface area contributed by atoms with E-state index >= 15 is 0 Å². The number of hydrogen-bond acceptors (Lipinski definition) is 4. The molecule has 3 aliphatic rings. The SMILES string of the molecule is COc1ccc(C2=NN(C3CCCC3)C(=O)C3CC=CCC23)cc1OCCCCCCBr. The summed E-state index contributed by atoms with van der Waals surface area (Å²) < 4.78 is 11.7. The van der Waals surface area contributed by atoms with Crippen LogP contribution >= 0.6 is 15.9 Å². The Morgan fingerprint density at radius 3 is 2.53 bits per heavy atom. The van der Waals surface area contributed by atoms with Crippen molar-refractivity contribution in [1.29, 1.82) is 0 Å². The number of rotatable bonds is 10. The van der Waals surface area contributed by atoms with Crippen molar-refractivity contribution in [3.63, 3.8) is 0 Å². The molecule has 0 saturated heterocycles. The molecule has 1 amide bonds. The van der Waals surface area contributed by atoms with E-state index in [-0.39, 0.29) is 23.8 Å². The molecule has 5 nitrogen and oxygen atoms in total. The Morgan fingerprint density at radius 2 is 1.78 bits per heavy atom. The number of ether oxygens (including phenoxy) is 2. The van der Waals surface area contributed by atoms with Crippen LogP contribution in [0, 0.1) is 11.8 Å². The van der Waals surface area contributed by atoms with Gasteiger partial charge < -0.3 is 9.47 Å². The van der Waals surface area contributed by atoms with Crippen LogP contribution in [-0.2, 0) is 4.79 Å². The van der Waals surface area contributed by atoms with E-state index in [4.69, 9.17) is 14.6 Å². The molecular weight excluding hydrogens is 468 g/mol. The van der Waals surface area contributed by atoms with Gasteiger partial charge >= 0.3 is 0 Å². The molecule has 0 N–H and O–H groups in total. The van der Waals surface area contributed by atoms with Crippen LogP contribution in [0.2, 0.25) is 0 Å². The van der Waals surface area contributed by atoms with Crippen LogP contribution in [-0.4, -0.2) is 41.7 Å². The number of carbonyl (C=O) groups excluding carboxylic acids is 1. The zero-order chi connectivity index (χ0) is 22.3. The second-order valence-corrected chi connectivity index (χ2v) is 9.87. The number of halogens is 1. The summed E-state index contributed by atoms with van der Waals surface area (Å²) in [7, 11) is 1.68. The summed E-state index contributed by atoms with van der Waals surface area (Å²) in [5.74, 6) is 1.85. The summed E-state index contributed by atoms with van der Waals surface area (Å²) in [6.45, 7) is 0.677. The van der Waals surface area contributed by atoms with Crippen molar-refractivity contribution >= 4 is 27.5 Å². The van der Waals surface area contributed by atoms with Crippen molar-refractivity contribution in [3.05, 3.63) is 35.9 Å². The molecule has 0 bridgehead atoms. The average molecular weight is 503 g/mol. The molecule has 1 aliphatic heterocycles. The molecule has 0 spiro atoms. The van der Waals surface area contributed by atoms with E-state index < -0.39 is 0 Å². The number of alkyl halides is 1. The van der Waals surface area contributed by atoms with Crippen molar-refractivity contribution in [2.75, 3.05) is 19.0 Å². The van der Waals surface area contributed by atoms with Crippen LogP contribution in [0.25, 0.3) is 0 Å². The second kappa shape index (κ2) is 11.4. The fourth-order valence-electron chi connectivity index (χ4n) is 5.16. The summed E-state index contributed by atoms with van der Waals surface area (Å²) in [6, 6.07) is 6.35. The molecule has 6 heteroatoms. The van der Waals surface area contributed by atoms with E-state index in [2.05, 4.69) is 40.2 Å². The van der Waals surface area contributed by atoms with Gasteiger partial charge in [0.15, 0.2) is 11.5 Å². The standard InChI is InChI=1S/C26H35BrN2O3/c1-31-23-15-14-19(18-24(23)32-17-9-3-2-8-16-27)25-21-12-6-7-13-22(21)26(30)29(28-25)20-10-4-5-11-20/h6-7,14-15,18,20-22H,2-5,8-13,16-17H2,1H3. The highest BCUT2D eigenvalue weighted by molar-refractivity contribution is 9.09. The van der Waals surface area contributed by atoms with Crippen LogP contribution < -0.4 is 9.47 Å². The fraction of sp³-hybridized carbons (Fsp3) is 0.615. The molecule has 1 fully saturated rings. The maximum atomic E-state index is 13.3. The molecular formula is C26H35BrN2O3. The number of benzene rings is 1. The Hall–Kier alpha value is -1.82. The minimum Gasteiger partial charge on any atom is -0.493 e. The van der Waals surface area contributed by atoms with E-state index in [1.165, 1.54) is 25.7 Å². The third-order valence-corrected chi connectivity index (χ3v) is 7.52.